The third-order valence-electron chi connectivity index (χ3n) is 3.60. The van der Waals surface area contributed by atoms with E-state index < -0.39 is 0 Å². The van der Waals surface area contributed by atoms with Gasteiger partial charge >= 0.3 is 0 Å². The second kappa shape index (κ2) is 7.19. The van der Waals surface area contributed by atoms with Gasteiger partial charge in [0.2, 0.25) is 0 Å². The molecule has 2 aliphatic rings. The largest absolute Gasteiger partial charge is 0.380 e. The number of hydrogen-bond acceptors (Lipinski definition) is 3. The number of hydrogen-bond donors (Lipinski definition) is 1. The highest BCUT2D eigenvalue weighted by molar-refractivity contribution is 8.00. The lowest BCUT2D eigenvalue weighted by molar-refractivity contribution is 0.199. The van der Waals surface area contributed by atoms with E-state index in [1.54, 1.807) is 0 Å². The van der Waals surface area contributed by atoms with Gasteiger partial charge in [-0.3, -0.25) is 0 Å². The van der Waals surface area contributed by atoms with Crippen molar-refractivity contribution < 1.29 is 4.74 Å². The van der Waals surface area contributed by atoms with Crippen molar-refractivity contribution >= 4 is 35.8 Å². The van der Waals surface area contributed by atoms with Crippen molar-refractivity contribution in [1.29, 1.82) is 0 Å². The number of fused-ring (bicyclic) bond motifs is 1. The molecule has 1 saturated heterocycles. The lowest BCUT2D eigenvalue weighted by atomic mass is 10.0. The van der Waals surface area contributed by atoms with Crippen LogP contribution in [0.3, 0.4) is 0 Å². The Hall–Kier alpha value is 0.0700. The molecule has 0 aliphatic carbocycles. The molecule has 1 atom stereocenters. The van der Waals surface area contributed by atoms with Crippen LogP contribution in [0.1, 0.15) is 17.5 Å². The van der Waals surface area contributed by atoms with Crippen molar-refractivity contribution in [2.75, 3.05) is 26.3 Å². The van der Waals surface area contributed by atoms with Gasteiger partial charge in [-0.15, -0.1) is 24.2 Å². The minimum absolute atomic E-state index is 0. The van der Waals surface area contributed by atoms with Crippen molar-refractivity contribution in [2.45, 2.75) is 29.4 Å². The van der Waals surface area contributed by atoms with Crippen LogP contribution in [-0.4, -0.2) is 31.6 Å². The van der Waals surface area contributed by atoms with Gasteiger partial charge in [-0.05, 0) is 49.5 Å². The van der Waals surface area contributed by atoms with Gasteiger partial charge in [0.1, 0.15) is 0 Å². The number of benzene rings is 1. The summed E-state index contributed by atoms with van der Waals surface area (Å²) in [6, 6.07) is 4.25. The van der Waals surface area contributed by atoms with Crippen LogP contribution >= 0.6 is 35.8 Å². The zero-order valence-electron chi connectivity index (χ0n) is 10.8. The summed E-state index contributed by atoms with van der Waals surface area (Å²) in [7, 11) is 0. The quantitative estimate of drug-likeness (QED) is 0.903. The van der Waals surface area contributed by atoms with E-state index in [2.05, 4.69) is 17.4 Å². The first-order valence-electron chi connectivity index (χ1n) is 6.60. The molecule has 1 aromatic rings. The van der Waals surface area contributed by atoms with Gasteiger partial charge in [-0.2, -0.15) is 0 Å². The average molecular weight is 320 g/mol. The summed E-state index contributed by atoms with van der Waals surface area (Å²) in [5.41, 5.74) is 2.93. The second-order valence-electron chi connectivity index (χ2n) is 4.87. The maximum Gasteiger partial charge on any atom is 0.0589 e. The molecule has 1 aromatic carbocycles. The Bertz CT molecular complexity index is 436. The molecule has 0 amide bonds. The number of thioether (sulfide) groups is 1. The summed E-state index contributed by atoms with van der Waals surface area (Å²) < 4.78 is 5.46. The van der Waals surface area contributed by atoms with Crippen molar-refractivity contribution in [1.82, 2.24) is 5.32 Å². The van der Waals surface area contributed by atoms with E-state index in [1.807, 2.05) is 11.8 Å². The van der Waals surface area contributed by atoms with Crippen LogP contribution in [0.25, 0.3) is 0 Å². The van der Waals surface area contributed by atoms with Crippen LogP contribution in [-0.2, 0) is 17.6 Å². The van der Waals surface area contributed by atoms with Crippen LogP contribution in [0, 0.1) is 0 Å². The number of nitrogens with one attached hydrogen (secondary N) is 1. The van der Waals surface area contributed by atoms with E-state index in [9.17, 15) is 0 Å². The Balaban J connectivity index is 0.00000133. The SMILES string of the molecule is Cl.Clc1ccc2c(c1SC1CCOC1)CCNCC2. The van der Waals surface area contributed by atoms with Crippen molar-refractivity contribution in [2.24, 2.45) is 0 Å². The van der Waals surface area contributed by atoms with E-state index in [1.165, 1.54) is 16.0 Å². The summed E-state index contributed by atoms with van der Waals surface area (Å²) >= 11 is 8.33. The lowest BCUT2D eigenvalue weighted by Gasteiger charge is -2.16. The Morgan fingerprint density at radius 3 is 2.89 bits per heavy atom. The summed E-state index contributed by atoms with van der Waals surface area (Å²) in [6.07, 6.45) is 3.34. The molecule has 2 nitrogen and oxygen atoms in total. The smallest absolute Gasteiger partial charge is 0.0589 e. The molecule has 0 bridgehead atoms. The van der Waals surface area contributed by atoms with E-state index in [-0.39, 0.29) is 12.4 Å². The molecular formula is C14H19Cl2NOS. The normalized spacial score (nSPS) is 22.5. The van der Waals surface area contributed by atoms with E-state index in [0.29, 0.717) is 5.25 Å². The molecule has 2 aliphatic heterocycles. The van der Waals surface area contributed by atoms with Gasteiger partial charge in [0.25, 0.3) is 0 Å². The number of rotatable bonds is 2. The number of halogens is 2. The van der Waals surface area contributed by atoms with Crippen LogP contribution < -0.4 is 5.32 Å². The molecule has 106 valence electrons. The minimum Gasteiger partial charge on any atom is -0.380 e. The predicted octanol–water partition coefficient (Wildman–Crippen LogP) is 3.33. The van der Waals surface area contributed by atoms with Crippen LogP contribution in [0.15, 0.2) is 17.0 Å². The summed E-state index contributed by atoms with van der Waals surface area (Å²) in [6.45, 7) is 3.89. The molecule has 1 unspecified atom stereocenters. The first-order chi connectivity index (χ1) is 8.84. The van der Waals surface area contributed by atoms with Gasteiger partial charge in [0.05, 0.1) is 11.6 Å². The summed E-state index contributed by atoms with van der Waals surface area (Å²) in [4.78, 5) is 1.30. The molecule has 0 saturated carbocycles. The zero-order valence-corrected chi connectivity index (χ0v) is 13.2. The van der Waals surface area contributed by atoms with Gasteiger partial charge < -0.3 is 10.1 Å². The van der Waals surface area contributed by atoms with Crippen LogP contribution in [0.5, 0.6) is 0 Å². The van der Waals surface area contributed by atoms with Crippen molar-refractivity contribution in [3.8, 4) is 0 Å². The predicted molar refractivity (Wildman–Crippen MR) is 84.1 cm³/mol. The minimum atomic E-state index is 0. The first-order valence-corrected chi connectivity index (χ1v) is 7.86. The van der Waals surface area contributed by atoms with Gasteiger partial charge in [0, 0.05) is 16.8 Å². The number of ether oxygens (including phenoxy) is 1. The molecule has 1 fully saturated rings. The highest BCUT2D eigenvalue weighted by atomic mass is 35.5. The molecular weight excluding hydrogens is 301 g/mol. The summed E-state index contributed by atoms with van der Waals surface area (Å²) in [5, 5.41) is 4.94. The monoisotopic (exact) mass is 319 g/mol. The Labute approximate surface area is 130 Å². The van der Waals surface area contributed by atoms with Gasteiger partial charge in [0.15, 0.2) is 0 Å². The average Bonchev–Trinajstić information content (AvgIpc) is 2.76. The lowest BCUT2D eigenvalue weighted by Crippen LogP contribution is -2.16. The van der Waals surface area contributed by atoms with Crippen LogP contribution in [0.4, 0.5) is 0 Å². The standard InChI is InChI=1S/C14H18ClNOS.ClH/c15-13-2-1-10-3-6-16-7-4-12(10)14(13)18-11-5-8-17-9-11;/h1-2,11,16H,3-9H2;1H. The molecule has 3 rings (SSSR count). The fourth-order valence-corrected chi connectivity index (χ4v) is 4.19. The highest BCUT2D eigenvalue weighted by Gasteiger charge is 2.22. The molecule has 1 N–H and O–H groups in total. The van der Waals surface area contributed by atoms with Crippen molar-refractivity contribution in [3.63, 3.8) is 0 Å². The molecule has 5 heteroatoms. The molecule has 0 spiro atoms. The fraction of sp³-hybridized carbons (Fsp3) is 0.571. The molecule has 0 aromatic heterocycles. The molecule has 0 radical (unpaired) electrons. The zero-order chi connectivity index (χ0) is 12.4. The Morgan fingerprint density at radius 2 is 2.11 bits per heavy atom. The van der Waals surface area contributed by atoms with Crippen molar-refractivity contribution in [3.05, 3.63) is 28.3 Å². The first kappa shape index (κ1) is 15.5. The van der Waals surface area contributed by atoms with Crippen LogP contribution in [0.2, 0.25) is 5.02 Å². The maximum absolute atomic E-state index is 6.41. The van der Waals surface area contributed by atoms with E-state index in [4.69, 9.17) is 16.3 Å². The van der Waals surface area contributed by atoms with Gasteiger partial charge in [-0.25, -0.2) is 0 Å². The fourth-order valence-electron chi connectivity index (χ4n) is 2.61. The van der Waals surface area contributed by atoms with E-state index in [0.717, 1.165) is 50.6 Å². The topological polar surface area (TPSA) is 21.3 Å². The Morgan fingerprint density at radius 1 is 1.26 bits per heavy atom. The summed E-state index contributed by atoms with van der Waals surface area (Å²) in [5.74, 6) is 0. The third kappa shape index (κ3) is 3.59. The van der Waals surface area contributed by atoms with Gasteiger partial charge in [-0.1, -0.05) is 17.7 Å². The third-order valence-corrected chi connectivity index (χ3v) is 5.44. The molecule has 19 heavy (non-hydrogen) atoms. The highest BCUT2D eigenvalue weighted by Crippen LogP contribution is 2.38. The maximum atomic E-state index is 6.41. The Kier molecular flexibility index (Phi) is 5.85. The van der Waals surface area contributed by atoms with E-state index >= 15 is 0 Å². The molecule has 2 heterocycles. The second-order valence-corrected chi connectivity index (χ2v) is 6.59.